The van der Waals surface area contributed by atoms with Crippen molar-refractivity contribution < 1.29 is 0 Å². The highest BCUT2D eigenvalue weighted by molar-refractivity contribution is 8.00. The van der Waals surface area contributed by atoms with Crippen molar-refractivity contribution in [1.82, 2.24) is 5.32 Å². The fraction of sp³-hybridized carbons (Fsp3) is 0.900. The summed E-state index contributed by atoms with van der Waals surface area (Å²) in [5.74, 6) is 1.32. The summed E-state index contributed by atoms with van der Waals surface area (Å²) in [5, 5.41) is 12.8. The lowest BCUT2D eigenvalue weighted by Gasteiger charge is -2.16. The highest BCUT2D eigenvalue weighted by Crippen LogP contribution is 2.25. The summed E-state index contributed by atoms with van der Waals surface area (Å²) < 4.78 is 0. The largest absolute Gasteiger partial charge is 0.312 e. The number of hydrogen-bond donors (Lipinski definition) is 1. The van der Waals surface area contributed by atoms with E-state index in [1.165, 1.54) is 18.6 Å². The van der Waals surface area contributed by atoms with Crippen LogP contribution in [0.5, 0.6) is 0 Å². The van der Waals surface area contributed by atoms with Crippen LogP contribution in [0.2, 0.25) is 0 Å². The lowest BCUT2D eigenvalue weighted by Crippen LogP contribution is -2.33. The highest BCUT2D eigenvalue weighted by Gasteiger charge is 2.16. The molecule has 0 aromatic carbocycles. The molecule has 0 aromatic rings. The van der Waals surface area contributed by atoms with Crippen molar-refractivity contribution in [3.05, 3.63) is 0 Å². The molecular weight excluding hydrogens is 180 g/mol. The highest BCUT2D eigenvalue weighted by atomic mass is 32.2. The first-order chi connectivity index (χ1) is 6.36. The maximum absolute atomic E-state index is 8.56. The van der Waals surface area contributed by atoms with Gasteiger partial charge in [-0.25, -0.2) is 0 Å². The van der Waals surface area contributed by atoms with Gasteiger partial charge in [0.1, 0.15) is 0 Å². The minimum Gasteiger partial charge on any atom is -0.312 e. The second-order valence-electron chi connectivity index (χ2n) is 3.51. The quantitative estimate of drug-likeness (QED) is 0.735. The Labute approximate surface area is 85.1 Å². The van der Waals surface area contributed by atoms with Gasteiger partial charge < -0.3 is 5.32 Å². The summed E-state index contributed by atoms with van der Waals surface area (Å²) in [6.45, 7) is 3.22. The van der Waals surface area contributed by atoms with E-state index in [9.17, 15) is 0 Å². The van der Waals surface area contributed by atoms with Crippen molar-refractivity contribution in [3.8, 4) is 6.07 Å². The molecule has 0 bridgehead atoms. The molecule has 0 amide bonds. The minimum absolute atomic E-state index is 0.409. The number of nitrogens with zero attached hydrogens (tertiary/aromatic N) is 1. The molecule has 1 fully saturated rings. The van der Waals surface area contributed by atoms with E-state index in [1.807, 2.05) is 0 Å². The normalized spacial score (nSPS) is 24.2. The second kappa shape index (κ2) is 6.28. The first-order valence-corrected chi connectivity index (χ1v) is 6.13. The number of thioether (sulfide) groups is 1. The summed E-state index contributed by atoms with van der Waals surface area (Å²) >= 11 is 2.07. The number of rotatable bonds is 5. The monoisotopic (exact) mass is 198 g/mol. The molecule has 2 nitrogen and oxygen atoms in total. The second-order valence-corrected chi connectivity index (χ2v) is 4.92. The average Bonchev–Trinajstić information content (AvgIpc) is 2.64. The van der Waals surface area contributed by atoms with E-state index in [0.29, 0.717) is 12.5 Å². The van der Waals surface area contributed by atoms with Crippen molar-refractivity contribution in [2.45, 2.75) is 43.9 Å². The third-order valence-corrected chi connectivity index (χ3v) is 3.89. The smallest absolute Gasteiger partial charge is 0.0638 e. The third-order valence-electron chi connectivity index (χ3n) is 2.49. The van der Waals surface area contributed by atoms with Gasteiger partial charge in [-0.2, -0.15) is 17.0 Å². The van der Waals surface area contributed by atoms with E-state index in [-0.39, 0.29) is 0 Å². The first-order valence-electron chi connectivity index (χ1n) is 5.08. The maximum Gasteiger partial charge on any atom is 0.0638 e. The van der Waals surface area contributed by atoms with E-state index in [2.05, 4.69) is 30.1 Å². The fourth-order valence-corrected chi connectivity index (χ4v) is 2.79. The predicted octanol–water partition coefficient (Wildman–Crippen LogP) is 2.16. The van der Waals surface area contributed by atoms with Crippen LogP contribution in [-0.4, -0.2) is 23.6 Å². The molecule has 1 heterocycles. The third kappa shape index (κ3) is 4.02. The van der Waals surface area contributed by atoms with Crippen molar-refractivity contribution in [3.63, 3.8) is 0 Å². The van der Waals surface area contributed by atoms with Crippen LogP contribution in [0.4, 0.5) is 0 Å². The molecule has 13 heavy (non-hydrogen) atoms. The van der Waals surface area contributed by atoms with Gasteiger partial charge in [-0.05, 0) is 25.0 Å². The number of nitrogens with one attached hydrogen (secondary N) is 1. The molecule has 1 aliphatic heterocycles. The Morgan fingerprint density at radius 1 is 1.69 bits per heavy atom. The zero-order valence-electron chi connectivity index (χ0n) is 8.25. The Morgan fingerprint density at radius 3 is 3.08 bits per heavy atom. The van der Waals surface area contributed by atoms with Crippen LogP contribution in [0.15, 0.2) is 0 Å². The first kappa shape index (κ1) is 10.9. The van der Waals surface area contributed by atoms with Gasteiger partial charge in [0.15, 0.2) is 0 Å². The standard InChI is InChI=1S/C10H18N2S/c1-2-9(5-6-11)12-8-10-4-3-7-13-10/h9-10,12H,2-5,7-8H2,1H3. The van der Waals surface area contributed by atoms with E-state index >= 15 is 0 Å². The molecule has 1 aliphatic rings. The molecule has 74 valence electrons. The van der Waals surface area contributed by atoms with Gasteiger partial charge in [0.05, 0.1) is 12.5 Å². The molecule has 1 saturated heterocycles. The Hall–Kier alpha value is -0.200. The summed E-state index contributed by atoms with van der Waals surface area (Å²) in [5.41, 5.74) is 0. The summed E-state index contributed by atoms with van der Waals surface area (Å²) in [7, 11) is 0. The summed E-state index contributed by atoms with van der Waals surface area (Å²) in [6.07, 6.45) is 4.42. The van der Waals surface area contributed by atoms with Crippen LogP contribution in [-0.2, 0) is 0 Å². The Morgan fingerprint density at radius 2 is 2.54 bits per heavy atom. The Balaban J connectivity index is 2.11. The van der Waals surface area contributed by atoms with Crippen LogP contribution in [0.25, 0.3) is 0 Å². The lowest BCUT2D eigenvalue weighted by molar-refractivity contribution is 0.499. The predicted molar refractivity (Wildman–Crippen MR) is 57.8 cm³/mol. The minimum atomic E-state index is 0.409. The van der Waals surface area contributed by atoms with Crippen molar-refractivity contribution >= 4 is 11.8 Å². The molecule has 0 saturated carbocycles. The zero-order valence-corrected chi connectivity index (χ0v) is 9.07. The van der Waals surface area contributed by atoms with E-state index in [0.717, 1.165) is 18.2 Å². The van der Waals surface area contributed by atoms with E-state index in [4.69, 9.17) is 5.26 Å². The maximum atomic E-state index is 8.56. The van der Waals surface area contributed by atoms with Gasteiger partial charge in [-0.15, -0.1) is 0 Å². The molecule has 0 aliphatic carbocycles. The molecule has 2 atom stereocenters. The van der Waals surface area contributed by atoms with Crippen LogP contribution in [0.3, 0.4) is 0 Å². The molecule has 2 unspecified atom stereocenters. The van der Waals surface area contributed by atoms with Crippen molar-refractivity contribution in [2.24, 2.45) is 0 Å². The van der Waals surface area contributed by atoms with Gasteiger partial charge >= 0.3 is 0 Å². The average molecular weight is 198 g/mol. The summed E-state index contributed by atoms with van der Waals surface area (Å²) in [4.78, 5) is 0. The van der Waals surface area contributed by atoms with Gasteiger partial charge in [0.2, 0.25) is 0 Å². The summed E-state index contributed by atoms with van der Waals surface area (Å²) in [6, 6.07) is 2.63. The molecule has 1 N–H and O–H groups in total. The van der Waals surface area contributed by atoms with Gasteiger partial charge in [-0.3, -0.25) is 0 Å². The zero-order chi connectivity index (χ0) is 9.52. The lowest BCUT2D eigenvalue weighted by atomic mass is 10.1. The Bertz CT molecular complexity index is 170. The topological polar surface area (TPSA) is 35.8 Å². The molecule has 1 rings (SSSR count). The van der Waals surface area contributed by atoms with E-state index in [1.54, 1.807) is 0 Å². The molecular formula is C10H18N2S. The van der Waals surface area contributed by atoms with Crippen LogP contribution in [0.1, 0.15) is 32.6 Å². The number of nitriles is 1. The van der Waals surface area contributed by atoms with Crippen molar-refractivity contribution in [1.29, 1.82) is 5.26 Å². The number of hydrogen-bond acceptors (Lipinski definition) is 3. The van der Waals surface area contributed by atoms with Crippen LogP contribution < -0.4 is 5.32 Å². The Kier molecular flexibility index (Phi) is 5.26. The molecule has 3 heteroatoms. The van der Waals surface area contributed by atoms with Crippen LogP contribution in [0, 0.1) is 11.3 Å². The fourth-order valence-electron chi connectivity index (χ4n) is 1.57. The molecule has 0 spiro atoms. The molecule has 0 aromatic heterocycles. The van der Waals surface area contributed by atoms with Crippen molar-refractivity contribution in [2.75, 3.05) is 12.3 Å². The van der Waals surface area contributed by atoms with Gasteiger partial charge in [0, 0.05) is 17.8 Å². The van der Waals surface area contributed by atoms with E-state index < -0.39 is 0 Å². The van der Waals surface area contributed by atoms with Gasteiger partial charge in [0.25, 0.3) is 0 Å². The SMILES string of the molecule is CCC(CC#N)NCC1CCCS1. The van der Waals surface area contributed by atoms with Crippen LogP contribution >= 0.6 is 11.8 Å². The molecule has 0 radical (unpaired) electrons. The van der Waals surface area contributed by atoms with Gasteiger partial charge in [-0.1, -0.05) is 6.92 Å².